The van der Waals surface area contributed by atoms with E-state index in [0.717, 1.165) is 12.8 Å². The first-order valence-corrected chi connectivity index (χ1v) is 12.4. The summed E-state index contributed by atoms with van der Waals surface area (Å²) in [6, 6.07) is 5.70. The maximum atomic E-state index is 11.8. The van der Waals surface area contributed by atoms with Crippen molar-refractivity contribution in [2.24, 2.45) is 11.8 Å². The Kier molecular flexibility index (Phi) is 19.3. The first kappa shape index (κ1) is 39.7. The SMILES string of the molecule is C.C.C=C(C)C(=O)OCCOC(=O)C1CCCCC1C(=O)O.C=C(C)C(=O)OCCOC(=O)c1ccccc1C(=O)O. The van der Waals surface area contributed by atoms with Gasteiger partial charge in [-0.2, -0.15) is 0 Å². The average Bonchev–Trinajstić information content (AvgIpc) is 2.92. The van der Waals surface area contributed by atoms with E-state index in [1.165, 1.54) is 38.1 Å². The Morgan fingerprint density at radius 1 is 0.714 bits per heavy atom. The molecule has 2 atom stereocenters. The minimum Gasteiger partial charge on any atom is -0.481 e. The molecule has 0 amide bonds. The molecule has 0 bridgehead atoms. The van der Waals surface area contributed by atoms with Crippen molar-refractivity contribution in [3.05, 3.63) is 59.7 Å². The Hall–Kier alpha value is -4.48. The van der Waals surface area contributed by atoms with Crippen LogP contribution in [0, 0.1) is 11.8 Å². The van der Waals surface area contributed by atoms with Gasteiger partial charge < -0.3 is 29.2 Å². The summed E-state index contributed by atoms with van der Waals surface area (Å²) in [4.78, 5) is 67.7. The lowest BCUT2D eigenvalue weighted by Crippen LogP contribution is -2.34. The van der Waals surface area contributed by atoms with E-state index in [0.29, 0.717) is 12.8 Å². The number of hydrogen-bond acceptors (Lipinski definition) is 10. The van der Waals surface area contributed by atoms with Gasteiger partial charge in [-0.15, -0.1) is 0 Å². The zero-order chi connectivity index (χ0) is 30.2. The van der Waals surface area contributed by atoms with Gasteiger partial charge in [-0.25, -0.2) is 19.2 Å². The van der Waals surface area contributed by atoms with Gasteiger partial charge in [0.05, 0.1) is 23.0 Å². The highest BCUT2D eigenvalue weighted by atomic mass is 16.6. The second-order valence-corrected chi connectivity index (χ2v) is 8.82. The smallest absolute Gasteiger partial charge is 0.339 e. The highest BCUT2D eigenvalue weighted by Gasteiger charge is 2.36. The first-order valence-electron chi connectivity index (χ1n) is 12.4. The van der Waals surface area contributed by atoms with Crippen LogP contribution in [0.25, 0.3) is 0 Å². The summed E-state index contributed by atoms with van der Waals surface area (Å²) in [6.07, 6.45) is 2.67. The number of ether oxygens (including phenoxy) is 4. The molecule has 1 aliphatic carbocycles. The van der Waals surface area contributed by atoms with E-state index in [1.807, 2.05) is 0 Å². The summed E-state index contributed by atoms with van der Waals surface area (Å²) in [5.41, 5.74) is 0.324. The number of hydrogen-bond donors (Lipinski definition) is 2. The van der Waals surface area contributed by atoms with Gasteiger partial charge in [-0.1, -0.05) is 53.0 Å². The normalized spacial score (nSPS) is 15.0. The third-order valence-electron chi connectivity index (χ3n) is 5.57. The fourth-order valence-electron chi connectivity index (χ4n) is 3.53. The molecule has 1 aliphatic rings. The van der Waals surface area contributed by atoms with Gasteiger partial charge in [-0.3, -0.25) is 9.59 Å². The molecule has 42 heavy (non-hydrogen) atoms. The molecule has 234 valence electrons. The molecule has 2 rings (SSSR count). The van der Waals surface area contributed by atoms with Crippen LogP contribution in [0.4, 0.5) is 0 Å². The molecule has 0 aliphatic heterocycles. The molecule has 2 unspecified atom stereocenters. The van der Waals surface area contributed by atoms with Crippen molar-refractivity contribution in [2.75, 3.05) is 26.4 Å². The Bertz CT molecular complexity index is 1120. The van der Waals surface area contributed by atoms with Crippen LogP contribution in [0.15, 0.2) is 48.6 Å². The lowest BCUT2D eigenvalue weighted by molar-refractivity contribution is -0.161. The number of rotatable bonds is 12. The zero-order valence-electron chi connectivity index (χ0n) is 22.5. The van der Waals surface area contributed by atoms with Crippen LogP contribution in [0.1, 0.15) is 75.1 Å². The van der Waals surface area contributed by atoms with Crippen LogP contribution in [-0.2, 0) is 38.1 Å². The standard InChI is InChI=1S/C14H20O6.C14H14O6.2CH4/c2*1-9(2)13(17)19-7-8-20-14(18)11-6-4-3-5-10(11)12(15)16;;/h10-11H,1,3-8H2,2H3,(H,15,16);3-6H,1,7-8H2,2H3,(H,15,16);2*1H4. The van der Waals surface area contributed by atoms with Crippen molar-refractivity contribution < 1.29 is 57.9 Å². The van der Waals surface area contributed by atoms with Gasteiger partial charge in [0.2, 0.25) is 0 Å². The highest BCUT2D eigenvalue weighted by Crippen LogP contribution is 2.31. The Morgan fingerprint density at radius 3 is 1.60 bits per heavy atom. The highest BCUT2D eigenvalue weighted by molar-refractivity contribution is 6.02. The number of carbonyl (C=O) groups excluding carboxylic acids is 4. The minimum atomic E-state index is -1.22. The topological polar surface area (TPSA) is 180 Å². The Morgan fingerprint density at radius 2 is 1.14 bits per heavy atom. The first-order chi connectivity index (χ1) is 18.9. The van der Waals surface area contributed by atoms with E-state index in [1.54, 1.807) is 0 Å². The molecule has 1 aromatic carbocycles. The number of carboxylic acid groups (broad SMARTS) is 2. The van der Waals surface area contributed by atoms with Gasteiger partial charge in [0, 0.05) is 11.1 Å². The summed E-state index contributed by atoms with van der Waals surface area (Å²) < 4.78 is 19.3. The predicted molar refractivity (Wildman–Crippen MR) is 153 cm³/mol. The maximum Gasteiger partial charge on any atom is 0.339 e. The molecule has 12 heteroatoms. The third kappa shape index (κ3) is 13.7. The maximum absolute atomic E-state index is 11.8. The van der Waals surface area contributed by atoms with E-state index in [-0.39, 0.29) is 63.6 Å². The van der Waals surface area contributed by atoms with Gasteiger partial charge in [0.15, 0.2) is 0 Å². The average molecular weight is 595 g/mol. The number of carboxylic acids is 2. The summed E-state index contributed by atoms with van der Waals surface area (Å²) >= 11 is 0. The second-order valence-electron chi connectivity index (χ2n) is 8.82. The van der Waals surface area contributed by atoms with Crippen molar-refractivity contribution in [2.45, 2.75) is 54.4 Å². The molecular weight excluding hydrogens is 552 g/mol. The number of carbonyl (C=O) groups is 6. The van der Waals surface area contributed by atoms with Crippen molar-refractivity contribution in [1.82, 2.24) is 0 Å². The Labute approximate surface area is 246 Å². The Balaban J connectivity index is 0. The largest absolute Gasteiger partial charge is 0.481 e. The van der Waals surface area contributed by atoms with Gasteiger partial charge >= 0.3 is 35.8 Å². The third-order valence-corrected chi connectivity index (χ3v) is 5.57. The summed E-state index contributed by atoms with van der Waals surface area (Å²) in [5, 5.41) is 18.0. The quantitative estimate of drug-likeness (QED) is 0.150. The van der Waals surface area contributed by atoms with Crippen molar-refractivity contribution in [3.8, 4) is 0 Å². The molecule has 1 aromatic rings. The van der Waals surface area contributed by atoms with Gasteiger partial charge in [0.1, 0.15) is 26.4 Å². The van der Waals surface area contributed by atoms with E-state index in [9.17, 15) is 28.8 Å². The number of aromatic carboxylic acids is 1. The molecule has 0 heterocycles. The van der Waals surface area contributed by atoms with Crippen LogP contribution in [0.3, 0.4) is 0 Å². The van der Waals surface area contributed by atoms with Crippen LogP contribution < -0.4 is 0 Å². The molecular formula is C30H42O12. The van der Waals surface area contributed by atoms with E-state index < -0.39 is 47.7 Å². The molecule has 1 saturated carbocycles. The predicted octanol–water partition coefficient (Wildman–Crippen LogP) is 4.47. The van der Waals surface area contributed by atoms with Crippen molar-refractivity contribution in [3.63, 3.8) is 0 Å². The van der Waals surface area contributed by atoms with Crippen LogP contribution in [0.2, 0.25) is 0 Å². The number of esters is 4. The second kappa shape index (κ2) is 20.4. The van der Waals surface area contributed by atoms with E-state index >= 15 is 0 Å². The monoisotopic (exact) mass is 594 g/mol. The molecule has 0 saturated heterocycles. The van der Waals surface area contributed by atoms with Gasteiger partial charge in [0.25, 0.3) is 0 Å². The molecule has 12 nitrogen and oxygen atoms in total. The van der Waals surface area contributed by atoms with Crippen molar-refractivity contribution >= 4 is 35.8 Å². The summed E-state index contributed by atoms with van der Waals surface area (Å²) in [6.45, 7) is 9.44. The fraction of sp³-hybridized carbons (Fsp3) is 0.467. The van der Waals surface area contributed by atoms with Crippen molar-refractivity contribution in [1.29, 1.82) is 0 Å². The van der Waals surface area contributed by atoms with Crippen LogP contribution in [-0.4, -0.2) is 72.5 Å². The van der Waals surface area contributed by atoms with Gasteiger partial charge in [-0.05, 0) is 38.8 Å². The molecule has 1 fully saturated rings. The summed E-state index contributed by atoms with van der Waals surface area (Å²) in [5.74, 6) is -5.87. The zero-order valence-corrected chi connectivity index (χ0v) is 22.5. The number of benzene rings is 1. The minimum absolute atomic E-state index is 0. The molecule has 0 spiro atoms. The molecule has 0 radical (unpaired) electrons. The van der Waals surface area contributed by atoms with E-state index in [2.05, 4.69) is 13.2 Å². The lowest BCUT2D eigenvalue weighted by atomic mass is 9.79. The number of aliphatic carboxylic acids is 1. The van der Waals surface area contributed by atoms with Crippen LogP contribution in [0.5, 0.6) is 0 Å². The lowest BCUT2D eigenvalue weighted by Gasteiger charge is -2.26. The summed E-state index contributed by atoms with van der Waals surface area (Å²) in [7, 11) is 0. The molecule has 0 aromatic heterocycles. The van der Waals surface area contributed by atoms with E-state index in [4.69, 9.17) is 29.2 Å². The fourth-order valence-corrected chi connectivity index (χ4v) is 3.53. The molecule has 2 N–H and O–H groups in total. The van der Waals surface area contributed by atoms with Crippen LogP contribution >= 0.6 is 0 Å².